The smallest absolute Gasteiger partial charge is 0.237 e. The summed E-state index contributed by atoms with van der Waals surface area (Å²) < 4.78 is 0. The molecule has 1 aliphatic heterocycles. The number of amides is 1. The summed E-state index contributed by atoms with van der Waals surface area (Å²) >= 11 is 5.27. The molecule has 0 atom stereocenters. The molecule has 0 spiro atoms. The fourth-order valence-electron chi connectivity index (χ4n) is 2.02. The van der Waals surface area contributed by atoms with E-state index in [1.54, 1.807) is 11.9 Å². The molecule has 0 bridgehead atoms. The Labute approximate surface area is 94.9 Å². The van der Waals surface area contributed by atoms with Crippen LogP contribution >= 0.6 is 12.2 Å². The summed E-state index contributed by atoms with van der Waals surface area (Å²) in [6.07, 6.45) is 0. The SMILES string of the molecule is CN1C(=O)C(C)(C)c2ccccc2C1=S. The van der Waals surface area contributed by atoms with Crippen molar-refractivity contribution >= 4 is 23.1 Å². The summed E-state index contributed by atoms with van der Waals surface area (Å²) in [6.45, 7) is 3.87. The number of fused-ring (bicyclic) bond motifs is 1. The summed E-state index contributed by atoms with van der Waals surface area (Å²) in [5.74, 6) is 0.0613. The fourth-order valence-corrected chi connectivity index (χ4v) is 2.28. The number of carbonyl (C=O) groups excluding carboxylic acids is 1. The van der Waals surface area contributed by atoms with Crippen LogP contribution in [0.4, 0.5) is 0 Å². The molecule has 3 heteroatoms. The maximum absolute atomic E-state index is 12.1. The van der Waals surface area contributed by atoms with Crippen molar-refractivity contribution in [2.75, 3.05) is 7.05 Å². The Hall–Kier alpha value is -1.22. The molecule has 78 valence electrons. The highest BCUT2D eigenvalue weighted by Crippen LogP contribution is 2.33. The molecule has 0 aromatic heterocycles. The minimum atomic E-state index is -0.479. The Morgan fingerprint density at radius 2 is 1.87 bits per heavy atom. The van der Waals surface area contributed by atoms with Gasteiger partial charge >= 0.3 is 0 Å². The molecule has 1 heterocycles. The van der Waals surface area contributed by atoms with Crippen LogP contribution in [0.1, 0.15) is 25.0 Å². The molecular formula is C12H13NOS. The molecule has 1 amide bonds. The number of carbonyl (C=O) groups is 1. The molecule has 2 nitrogen and oxygen atoms in total. The van der Waals surface area contributed by atoms with Crippen LogP contribution in [0.5, 0.6) is 0 Å². The van der Waals surface area contributed by atoms with E-state index < -0.39 is 5.41 Å². The first-order valence-corrected chi connectivity index (χ1v) is 5.29. The normalized spacial score (nSPS) is 19.0. The number of hydrogen-bond acceptors (Lipinski definition) is 2. The van der Waals surface area contributed by atoms with E-state index in [0.29, 0.717) is 4.99 Å². The van der Waals surface area contributed by atoms with Crippen molar-refractivity contribution in [3.05, 3.63) is 35.4 Å². The quantitative estimate of drug-likeness (QED) is 0.623. The number of hydrogen-bond donors (Lipinski definition) is 0. The molecule has 2 rings (SSSR count). The maximum Gasteiger partial charge on any atom is 0.237 e. The first kappa shape index (κ1) is 10.3. The second kappa shape index (κ2) is 3.14. The molecule has 1 aromatic rings. The monoisotopic (exact) mass is 219 g/mol. The zero-order valence-corrected chi connectivity index (χ0v) is 9.89. The predicted molar refractivity (Wildman–Crippen MR) is 63.9 cm³/mol. The molecule has 0 N–H and O–H groups in total. The third-order valence-corrected chi connectivity index (χ3v) is 3.47. The molecule has 15 heavy (non-hydrogen) atoms. The molecule has 0 saturated carbocycles. The van der Waals surface area contributed by atoms with Crippen LogP contribution in [0.15, 0.2) is 24.3 Å². The highest BCUT2D eigenvalue weighted by molar-refractivity contribution is 7.80. The van der Waals surface area contributed by atoms with Crippen LogP contribution in [0.2, 0.25) is 0 Å². The summed E-state index contributed by atoms with van der Waals surface area (Å²) in [7, 11) is 1.74. The summed E-state index contributed by atoms with van der Waals surface area (Å²) in [5.41, 5.74) is 1.55. The van der Waals surface area contributed by atoms with Gasteiger partial charge in [-0.2, -0.15) is 0 Å². The maximum atomic E-state index is 12.1. The minimum Gasteiger partial charge on any atom is -0.305 e. The van der Waals surface area contributed by atoms with Crippen LogP contribution in [0, 0.1) is 0 Å². The molecule has 0 unspecified atom stereocenters. The van der Waals surface area contributed by atoms with E-state index in [1.807, 2.05) is 38.1 Å². The van der Waals surface area contributed by atoms with Crippen LogP contribution in [-0.2, 0) is 10.2 Å². The Balaban J connectivity index is 2.72. The van der Waals surface area contributed by atoms with Crippen molar-refractivity contribution in [3.63, 3.8) is 0 Å². The van der Waals surface area contributed by atoms with Gasteiger partial charge in [0.1, 0.15) is 4.99 Å². The molecule has 0 radical (unpaired) electrons. The second-order valence-electron chi connectivity index (χ2n) is 4.34. The zero-order chi connectivity index (χ0) is 11.2. The lowest BCUT2D eigenvalue weighted by molar-refractivity contribution is -0.131. The first-order chi connectivity index (χ1) is 6.96. The Kier molecular flexibility index (Phi) is 2.15. The molecule has 1 aromatic carbocycles. The van der Waals surface area contributed by atoms with Gasteiger partial charge in [0.15, 0.2) is 0 Å². The van der Waals surface area contributed by atoms with Gasteiger partial charge in [0.25, 0.3) is 0 Å². The predicted octanol–water partition coefficient (Wildman–Crippen LogP) is 2.11. The van der Waals surface area contributed by atoms with E-state index in [4.69, 9.17) is 12.2 Å². The van der Waals surface area contributed by atoms with Crippen LogP contribution in [-0.4, -0.2) is 22.8 Å². The number of benzene rings is 1. The average molecular weight is 219 g/mol. The van der Waals surface area contributed by atoms with Crippen molar-refractivity contribution < 1.29 is 4.79 Å². The van der Waals surface area contributed by atoms with Crippen molar-refractivity contribution in [2.24, 2.45) is 0 Å². The van der Waals surface area contributed by atoms with Gasteiger partial charge in [0.2, 0.25) is 5.91 Å². The topological polar surface area (TPSA) is 20.3 Å². The molecule has 1 aliphatic rings. The van der Waals surface area contributed by atoms with Gasteiger partial charge in [-0.3, -0.25) is 4.79 Å². The van der Waals surface area contributed by atoms with Gasteiger partial charge in [-0.15, -0.1) is 0 Å². The van der Waals surface area contributed by atoms with Crippen LogP contribution in [0.3, 0.4) is 0 Å². The summed E-state index contributed by atoms with van der Waals surface area (Å²) in [5, 5.41) is 0. The Morgan fingerprint density at radius 1 is 1.27 bits per heavy atom. The van der Waals surface area contributed by atoms with Crippen molar-refractivity contribution in [1.29, 1.82) is 0 Å². The van der Waals surface area contributed by atoms with E-state index in [-0.39, 0.29) is 5.91 Å². The van der Waals surface area contributed by atoms with Gasteiger partial charge in [-0.1, -0.05) is 36.5 Å². The zero-order valence-electron chi connectivity index (χ0n) is 9.07. The number of nitrogens with zero attached hydrogens (tertiary/aromatic N) is 1. The van der Waals surface area contributed by atoms with E-state index in [9.17, 15) is 4.79 Å². The lowest BCUT2D eigenvalue weighted by Crippen LogP contribution is -2.49. The fraction of sp³-hybridized carbons (Fsp3) is 0.333. The van der Waals surface area contributed by atoms with E-state index >= 15 is 0 Å². The van der Waals surface area contributed by atoms with E-state index in [0.717, 1.165) is 11.1 Å². The molecule has 0 aliphatic carbocycles. The largest absolute Gasteiger partial charge is 0.305 e. The first-order valence-electron chi connectivity index (χ1n) is 4.88. The number of thiocarbonyl (C=S) groups is 1. The highest BCUT2D eigenvalue weighted by Gasteiger charge is 2.40. The van der Waals surface area contributed by atoms with Crippen LogP contribution in [0.25, 0.3) is 0 Å². The van der Waals surface area contributed by atoms with Crippen molar-refractivity contribution in [1.82, 2.24) is 4.90 Å². The Bertz CT molecular complexity index is 451. The average Bonchev–Trinajstić information content (AvgIpc) is 2.24. The van der Waals surface area contributed by atoms with E-state index in [1.165, 1.54) is 0 Å². The lowest BCUT2D eigenvalue weighted by atomic mass is 9.78. The van der Waals surface area contributed by atoms with Gasteiger partial charge in [0.05, 0.1) is 5.41 Å². The third kappa shape index (κ3) is 1.30. The molecule has 0 saturated heterocycles. The summed E-state index contributed by atoms with van der Waals surface area (Å²) in [4.78, 5) is 14.2. The lowest BCUT2D eigenvalue weighted by Gasteiger charge is -2.37. The van der Waals surface area contributed by atoms with Gasteiger partial charge in [-0.05, 0) is 19.4 Å². The standard InChI is InChI=1S/C12H13NOS/c1-12(2)9-7-5-4-6-8(9)10(15)13(3)11(12)14/h4-7H,1-3H3. The number of likely N-dealkylation sites (N-methyl/N-ethyl adjacent to an activating group) is 1. The summed E-state index contributed by atoms with van der Waals surface area (Å²) in [6, 6.07) is 7.85. The van der Waals surface area contributed by atoms with E-state index in [2.05, 4.69) is 0 Å². The van der Waals surface area contributed by atoms with Gasteiger partial charge in [0, 0.05) is 12.6 Å². The van der Waals surface area contributed by atoms with Gasteiger partial charge in [-0.25, -0.2) is 0 Å². The minimum absolute atomic E-state index is 0.0613. The molecule has 0 fully saturated rings. The Morgan fingerprint density at radius 3 is 2.53 bits per heavy atom. The van der Waals surface area contributed by atoms with Crippen molar-refractivity contribution in [3.8, 4) is 0 Å². The van der Waals surface area contributed by atoms with Crippen LogP contribution < -0.4 is 0 Å². The number of rotatable bonds is 0. The highest BCUT2D eigenvalue weighted by atomic mass is 32.1. The second-order valence-corrected chi connectivity index (χ2v) is 4.73. The third-order valence-electron chi connectivity index (χ3n) is 2.97. The van der Waals surface area contributed by atoms with Crippen molar-refractivity contribution in [2.45, 2.75) is 19.3 Å². The van der Waals surface area contributed by atoms with Gasteiger partial charge < -0.3 is 4.90 Å². The molecular weight excluding hydrogens is 206 g/mol.